The van der Waals surface area contributed by atoms with Crippen LogP contribution in [0, 0.1) is 0 Å². The minimum absolute atomic E-state index is 0.106. The van der Waals surface area contributed by atoms with Gasteiger partial charge in [0.05, 0.1) is 0 Å². The summed E-state index contributed by atoms with van der Waals surface area (Å²) < 4.78 is 28.1. The van der Waals surface area contributed by atoms with Gasteiger partial charge in [0.1, 0.15) is 9.09 Å². The number of rotatable bonds is 4. The van der Waals surface area contributed by atoms with Gasteiger partial charge in [-0.05, 0) is 25.0 Å². The number of fused-ring (bicyclic) bond motifs is 1. The molecule has 1 saturated carbocycles. The van der Waals surface area contributed by atoms with Crippen LogP contribution in [-0.2, 0) is 10.0 Å². The number of carboxylic acid groups (broad SMARTS) is 1. The Kier molecular flexibility index (Phi) is 3.36. The molecule has 0 aromatic carbocycles. The molecule has 2 heterocycles. The summed E-state index contributed by atoms with van der Waals surface area (Å²) in [7, 11) is -1.83. The number of nitrogens with zero attached hydrogens (tertiary/aromatic N) is 1. The Morgan fingerprint density at radius 3 is 2.45 bits per heavy atom. The molecule has 0 amide bonds. The van der Waals surface area contributed by atoms with Crippen molar-refractivity contribution >= 4 is 48.1 Å². The second-order valence-corrected chi connectivity index (χ2v) is 9.21. The Morgan fingerprint density at radius 1 is 1.30 bits per heavy atom. The van der Waals surface area contributed by atoms with Gasteiger partial charge in [-0.25, -0.2) is 13.2 Å². The Labute approximate surface area is 124 Å². The molecule has 1 aliphatic rings. The lowest BCUT2D eigenvalue weighted by Gasteiger charge is -2.33. The minimum Gasteiger partial charge on any atom is -0.477 e. The molecule has 20 heavy (non-hydrogen) atoms. The summed E-state index contributed by atoms with van der Waals surface area (Å²) >= 11 is 2.25. The van der Waals surface area contributed by atoms with Gasteiger partial charge in [-0.3, -0.25) is 0 Å². The molecule has 2 aromatic heterocycles. The predicted molar refractivity (Wildman–Crippen MR) is 79.2 cm³/mol. The molecule has 1 N–H and O–H groups in total. The Hall–Kier alpha value is -0.960. The van der Waals surface area contributed by atoms with Crippen LogP contribution in [0.4, 0.5) is 0 Å². The van der Waals surface area contributed by atoms with Crippen LogP contribution in [0.25, 0.3) is 9.40 Å². The van der Waals surface area contributed by atoms with Crippen molar-refractivity contribution in [3.8, 4) is 0 Å². The van der Waals surface area contributed by atoms with Crippen molar-refractivity contribution in [1.82, 2.24) is 4.31 Å². The van der Waals surface area contributed by atoms with Crippen molar-refractivity contribution in [3.63, 3.8) is 0 Å². The average Bonchev–Trinajstić information content (AvgIpc) is 2.83. The highest BCUT2D eigenvalue weighted by atomic mass is 32.2. The van der Waals surface area contributed by atoms with E-state index in [1.165, 1.54) is 10.4 Å². The maximum absolute atomic E-state index is 12.5. The van der Waals surface area contributed by atoms with Crippen molar-refractivity contribution in [2.24, 2.45) is 0 Å². The summed E-state index contributed by atoms with van der Waals surface area (Å²) in [5.74, 6) is -0.977. The maximum atomic E-state index is 12.5. The fraction of sp³-hybridized carbons (Fsp3) is 0.417. The lowest BCUT2D eigenvalue weighted by molar-refractivity contribution is 0.0702. The van der Waals surface area contributed by atoms with Crippen molar-refractivity contribution in [3.05, 3.63) is 17.0 Å². The highest BCUT2D eigenvalue weighted by Crippen LogP contribution is 2.38. The summed E-state index contributed by atoms with van der Waals surface area (Å²) in [6.45, 7) is 0. The highest BCUT2D eigenvalue weighted by Gasteiger charge is 2.33. The van der Waals surface area contributed by atoms with Gasteiger partial charge in [-0.2, -0.15) is 4.31 Å². The van der Waals surface area contributed by atoms with Crippen LogP contribution < -0.4 is 0 Å². The monoisotopic (exact) mass is 331 g/mol. The summed E-state index contributed by atoms with van der Waals surface area (Å²) in [5, 5.41) is 8.92. The maximum Gasteiger partial charge on any atom is 0.345 e. The van der Waals surface area contributed by atoms with E-state index in [4.69, 9.17) is 5.11 Å². The number of carboxylic acids is 1. The van der Waals surface area contributed by atoms with Crippen LogP contribution in [0.2, 0.25) is 0 Å². The molecule has 0 atom stereocenters. The lowest BCUT2D eigenvalue weighted by Crippen LogP contribution is -2.40. The third-order valence-electron chi connectivity index (χ3n) is 3.62. The van der Waals surface area contributed by atoms with Crippen molar-refractivity contribution in [1.29, 1.82) is 0 Å². The Balaban J connectivity index is 1.97. The summed E-state index contributed by atoms with van der Waals surface area (Å²) in [5.41, 5.74) is 0. The average molecular weight is 331 g/mol. The molecular weight excluding hydrogens is 318 g/mol. The van der Waals surface area contributed by atoms with Gasteiger partial charge in [-0.15, -0.1) is 22.7 Å². The SMILES string of the molecule is CN(C1CCC1)S(=O)(=O)c1cc2sc(C(=O)O)cc2s1. The van der Waals surface area contributed by atoms with Gasteiger partial charge in [0.2, 0.25) is 0 Å². The molecular formula is C12H13NO4S3. The summed E-state index contributed by atoms with van der Waals surface area (Å²) in [4.78, 5) is 11.1. The van der Waals surface area contributed by atoms with Gasteiger partial charge in [-0.1, -0.05) is 6.42 Å². The van der Waals surface area contributed by atoms with Crippen molar-refractivity contribution in [2.45, 2.75) is 29.5 Å². The normalized spacial score (nSPS) is 16.7. The van der Waals surface area contributed by atoms with E-state index in [9.17, 15) is 13.2 Å². The largest absolute Gasteiger partial charge is 0.477 e. The molecule has 0 spiro atoms. The van der Waals surface area contributed by atoms with Crippen LogP contribution in [-0.4, -0.2) is 36.9 Å². The smallest absolute Gasteiger partial charge is 0.345 e. The number of aromatic carboxylic acids is 1. The van der Waals surface area contributed by atoms with Gasteiger partial charge >= 0.3 is 5.97 Å². The Morgan fingerprint density at radius 2 is 1.95 bits per heavy atom. The molecule has 1 fully saturated rings. The van der Waals surface area contributed by atoms with Gasteiger partial charge in [0.15, 0.2) is 0 Å². The molecule has 1 aliphatic carbocycles. The number of carbonyl (C=O) groups is 1. The van der Waals surface area contributed by atoms with E-state index < -0.39 is 16.0 Å². The van der Waals surface area contributed by atoms with Crippen LogP contribution in [0.15, 0.2) is 16.3 Å². The number of hydrogen-bond acceptors (Lipinski definition) is 5. The first-order valence-corrected chi connectivity index (χ1v) is 9.21. The van der Waals surface area contributed by atoms with E-state index in [1.54, 1.807) is 13.1 Å². The molecule has 5 nitrogen and oxygen atoms in total. The fourth-order valence-electron chi connectivity index (χ4n) is 2.13. The van der Waals surface area contributed by atoms with Crippen LogP contribution in [0.1, 0.15) is 28.9 Å². The molecule has 108 valence electrons. The van der Waals surface area contributed by atoms with Crippen molar-refractivity contribution < 1.29 is 18.3 Å². The third kappa shape index (κ3) is 2.16. The molecule has 8 heteroatoms. The van der Waals surface area contributed by atoms with E-state index in [-0.39, 0.29) is 10.9 Å². The van der Waals surface area contributed by atoms with E-state index in [0.29, 0.717) is 13.6 Å². The highest BCUT2D eigenvalue weighted by molar-refractivity contribution is 7.91. The van der Waals surface area contributed by atoms with E-state index in [0.717, 1.165) is 41.9 Å². The predicted octanol–water partition coefficient (Wildman–Crippen LogP) is 2.83. The zero-order valence-corrected chi connectivity index (χ0v) is 13.1. The second-order valence-electron chi connectivity index (χ2n) is 4.82. The summed E-state index contributed by atoms with van der Waals surface area (Å²) in [6, 6.07) is 3.23. The molecule has 0 aliphatic heterocycles. The molecule has 0 saturated heterocycles. The Bertz CT molecular complexity index is 738. The van der Waals surface area contributed by atoms with Crippen LogP contribution in [0.5, 0.6) is 0 Å². The topological polar surface area (TPSA) is 74.7 Å². The van der Waals surface area contributed by atoms with Gasteiger partial charge < -0.3 is 5.11 Å². The number of thiophene rings is 2. The molecule has 0 radical (unpaired) electrons. The third-order valence-corrected chi connectivity index (χ3v) is 8.26. The van der Waals surface area contributed by atoms with Gasteiger partial charge in [0.25, 0.3) is 10.0 Å². The first kappa shape index (κ1) is 14.0. The summed E-state index contributed by atoms with van der Waals surface area (Å²) in [6.07, 6.45) is 2.91. The van der Waals surface area contributed by atoms with E-state index in [1.807, 2.05) is 0 Å². The second kappa shape index (κ2) is 4.80. The number of sulfonamides is 1. The lowest BCUT2D eigenvalue weighted by atomic mass is 9.94. The quantitative estimate of drug-likeness (QED) is 0.935. The van der Waals surface area contributed by atoms with E-state index >= 15 is 0 Å². The zero-order valence-electron chi connectivity index (χ0n) is 10.7. The van der Waals surface area contributed by atoms with Crippen molar-refractivity contribution in [2.75, 3.05) is 7.05 Å². The van der Waals surface area contributed by atoms with Gasteiger partial charge in [0, 0.05) is 22.5 Å². The number of hydrogen-bond donors (Lipinski definition) is 1. The van der Waals surface area contributed by atoms with Crippen LogP contribution >= 0.6 is 22.7 Å². The van der Waals surface area contributed by atoms with Crippen LogP contribution in [0.3, 0.4) is 0 Å². The zero-order chi connectivity index (χ0) is 14.5. The minimum atomic E-state index is -3.45. The standard InChI is InChI=1S/C12H13NO4S3/c1-13(7-3-2-4-7)20(16,17)11-6-9-8(19-11)5-10(18-9)12(14)15/h5-7H,2-4H2,1H3,(H,14,15). The molecule has 2 aromatic rings. The molecule has 0 bridgehead atoms. The first-order valence-electron chi connectivity index (χ1n) is 6.14. The molecule has 0 unspecified atom stereocenters. The first-order chi connectivity index (χ1) is 9.39. The van der Waals surface area contributed by atoms with E-state index in [2.05, 4.69) is 0 Å². The molecule has 3 rings (SSSR count). The fourth-order valence-corrected chi connectivity index (χ4v) is 6.37.